The van der Waals surface area contributed by atoms with Crippen LogP contribution in [0.5, 0.6) is 5.75 Å². The smallest absolute Gasteiger partial charge is 0.224 e. The van der Waals surface area contributed by atoms with E-state index in [2.05, 4.69) is 28.4 Å². The minimum Gasteiger partial charge on any atom is -0.497 e. The van der Waals surface area contributed by atoms with Crippen molar-refractivity contribution in [2.45, 2.75) is 19.1 Å². The summed E-state index contributed by atoms with van der Waals surface area (Å²) in [6, 6.07) is 12.3. The van der Waals surface area contributed by atoms with Gasteiger partial charge in [0.2, 0.25) is 5.91 Å². The molecule has 1 aromatic heterocycles. The number of aromatic nitrogens is 3. The number of benzene rings is 2. The molecule has 1 aliphatic heterocycles. The molecule has 0 aliphatic carbocycles. The molecule has 27 heavy (non-hydrogen) atoms. The number of morpholine rings is 1. The van der Waals surface area contributed by atoms with Gasteiger partial charge in [0.15, 0.2) is 0 Å². The number of nitrogens with zero attached hydrogens (tertiary/aromatic N) is 4. The maximum absolute atomic E-state index is 12.6. The number of amides is 1. The van der Waals surface area contributed by atoms with Crippen LogP contribution in [0, 0.1) is 0 Å². The predicted molar refractivity (Wildman–Crippen MR) is 100 cm³/mol. The van der Waals surface area contributed by atoms with Gasteiger partial charge in [-0.3, -0.25) is 4.79 Å². The summed E-state index contributed by atoms with van der Waals surface area (Å²) in [5.74, 6) is 0.969. The first-order valence-electron chi connectivity index (χ1n) is 9.02. The lowest BCUT2D eigenvalue weighted by Gasteiger charge is -2.33. The van der Waals surface area contributed by atoms with E-state index in [-0.39, 0.29) is 12.0 Å². The van der Waals surface area contributed by atoms with Crippen LogP contribution in [0.2, 0.25) is 0 Å². The van der Waals surface area contributed by atoms with Crippen LogP contribution in [-0.2, 0) is 16.1 Å². The molecule has 1 aliphatic rings. The average Bonchev–Trinajstić information content (AvgIpc) is 3.25. The zero-order chi connectivity index (χ0) is 18.6. The van der Waals surface area contributed by atoms with E-state index < -0.39 is 0 Å². The molecule has 1 fully saturated rings. The Morgan fingerprint density at radius 1 is 1.19 bits per heavy atom. The van der Waals surface area contributed by atoms with E-state index in [1.807, 2.05) is 27.7 Å². The number of hydrogen-bond acceptors (Lipinski definition) is 5. The molecule has 1 saturated heterocycles. The molecule has 3 aromatic rings. The van der Waals surface area contributed by atoms with Crippen LogP contribution in [0.3, 0.4) is 0 Å². The van der Waals surface area contributed by atoms with Gasteiger partial charge in [0.05, 0.1) is 20.3 Å². The van der Waals surface area contributed by atoms with Gasteiger partial charge < -0.3 is 18.9 Å². The molecule has 1 amide bonds. The lowest BCUT2D eigenvalue weighted by atomic mass is 10.0. The highest BCUT2D eigenvalue weighted by Gasteiger charge is 2.25. The molecule has 0 saturated carbocycles. The number of aryl methyl sites for hydroxylation is 1. The van der Waals surface area contributed by atoms with E-state index >= 15 is 0 Å². The second-order valence-electron chi connectivity index (χ2n) is 6.62. The summed E-state index contributed by atoms with van der Waals surface area (Å²) in [4.78, 5) is 14.4. The molecule has 2 aromatic carbocycles. The molecule has 0 radical (unpaired) electrons. The van der Waals surface area contributed by atoms with Crippen molar-refractivity contribution in [1.82, 2.24) is 19.7 Å². The van der Waals surface area contributed by atoms with Crippen molar-refractivity contribution in [3.8, 4) is 5.75 Å². The molecular weight excluding hydrogens is 344 g/mol. The van der Waals surface area contributed by atoms with Gasteiger partial charge >= 0.3 is 0 Å². The highest BCUT2D eigenvalue weighted by atomic mass is 16.5. The first kappa shape index (κ1) is 17.5. The van der Waals surface area contributed by atoms with Crippen molar-refractivity contribution in [3.05, 3.63) is 54.6 Å². The Morgan fingerprint density at radius 3 is 2.78 bits per heavy atom. The molecule has 2 heterocycles. The van der Waals surface area contributed by atoms with Crippen molar-refractivity contribution in [3.63, 3.8) is 0 Å². The largest absolute Gasteiger partial charge is 0.497 e. The maximum atomic E-state index is 12.6. The Morgan fingerprint density at radius 2 is 1.96 bits per heavy atom. The third-order valence-corrected chi connectivity index (χ3v) is 4.91. The summed E-state index contributed by atoms with van der Waals surface area (Å²) in [6.07, 6.45) is 3.57. The molecule has 0 spiro atoms. The topological polar surface area (TPSA) is 69.5 Å². The van der Waals surface area contributed by atoms with Gasteiger partial charge in [-0.1, -0.05) is 18.2 Å². The fourth-order valence-corrected chi connectivity index (χ4v) is 3.37. The highest BCUT2D eigenvalue weighted by molar-refractivity contribution is 5.84. The number of methoxy groups -OCH3 is 1. The van der Waals surface area contributed by atoms with Crippen LogP contribution in [0.1, 0.15) is 18.1 Å². The summed E-state index contributed by atoms with van der Waals surface area (Å²) >= 11 is 0. The van der Waals surface area contributed by atoms with Crippen molar-refractivity contribution < 1.29 is 14.3 Å². The fraction of sp³-hybridized carbons (Fsp3) is 0.350. The fourth-order valence-electron chi connectivity index (χ4n) is 3.37. The number of hydrogen-bond donors (Lipinski definition) is 0. The summed E-state index contributed by atoms with van der Waals surface area (Å²) in [6.45, 7) is 2.33. The quantitative estimate of drug-likeness (QED) is 0.694. The van der Waals surface area contributed by atoms with Gasteiger partial charge in [-0.25, -0.2) is 0 Å². The first-order chi connectivity index (χ1) is 13.2. The second kappa shape index (κ2) is 7.75. The van der Waals surface area contributed by atoms with Gasteiger partial charge in [0.1, 0.15) is 24.5 Å². The number of carbonyl (C=O) groups excluding carboxylic acids is 1. The monoisotopic (exact) mass is 366 g/mol. The molecule has 0 bridgehead atoms. The summed E-state index contributed by atoms with van der Waals surface area (Å²) < 4.78 is 13.0. The molecule has 4 rings (SSSR count). The van der Waals surface area contributed by atoms with Gasteiger partial charge in [0, 0.05) is 19.5 Å². The standard InChI is InChI=1S/C20H22N4O3/c1-26-18-5-4-15-10-17(3-2-16(15)11-18)19-12-24(8-9-27-19)20(25)6-7-23-13-21-22-14-23/h2-5,10-11,13-14,19H,6-9,12H2,1H3/t19-/m0/s1. The Labute approximate surface area is 157 Å². The molecule has 7 nitrogen and oxygen atoms in total. The third kappa shape index (κ3) is 3.93. The third-order valence-electron chi connectivity index (χ3n) is 4.91. The Hall–Kier alpha value is -2.93. The molecule has 0 unspecified atom stereocenters. The molecule has 0 N–H and O–H groups in total. The summed E-state index contributed by atoms with van der Waals surface area (Å²) in [5.41, 5.74) is 1.09. The maximum Gasteiger partial charge on any atom is 0.224 e. The van der Waals surface area contributed by atoms with Crippen LogP contribution < -0.4 is 4.74 Å². The predicted octanol–water partition coefficient (Wildman–Crippen LogP) is 2.43. The summed E-state index contributed by atoms with van der Waals surface area (Å²) in [7, 11) is 1.67. The van der Waals surface area contributed by atoms with Crippen molar-refractivity contribution in [2.75, 3.05) is 26.8 Å². The number of ether oxygens (including phenoxy) is 2. The Kier molecular flexibility index (Phi) is 5.02. The van der Waals surface area contributed by atoms with Crippen molar-refractivity contribution >= 4 is 16.7 Å². The SMILES string of the molecule is COc1ccc2cc([C@@H]3CN(C(=O)CCn4cnnc4)CCO3)ccc2c1. The van der Waals surface area contributed by atoms with Gasteiger partial charge in [-0.05, 0) is 34.5 Å². The average molecular weight is 366 g/mol. The van der Waals surface area contributed by atoms with E-state index in [0.29, 0.717) is 32.7 Å². The lowest BCUT2D eigenvalue weighted by molar-refractivity contribution is -0.139. The van der Waals surface area contributed by atoms with Gasteiger partial charge in [0.25, 0.3) is 0 Å². The van der Waals surface area contributed by atoms with Crippen molar-refractivity contribution in [2.24, 2.45) is 0 Å². The minimum atomic E-state index is -0.107. The number of carbonyl (C=O) groups is 1. The van der Waals surface area contributed by atoms with E-state index in [1.54, 1.807) is 19.8 Å². The van der Waals surface area contributed by atoms with E-state index in [0.717, 1.165) is 22.1 Å². The number of rotatable bonds is 5. The Balaban J connectivity index is 1.44. The first-order valence-corrected chi connectivity index (χ1v) is 9.02. The molecular formula is C20H22N4O3. The Bertz CT molecular complexity index is 926. The summed E-state index contributed by atoms with van der Waals surface area (Å²) in [5, 5.41) is 9.77. The van der Waals surface area contributed by atoms with Crippen molar-refractivity contribution in [1.29, 1.82) is 0 Å². The second-order valence-corrected chi connectivity index (χ2v) is 6.62. The van der Waals surface area contributed by atoms with Crippen LogP contribution in [-0.4, -0.2) is 52.4 Å². The van der Waals surface area contributed by atoms with Crippen LogP contribution in [0.15, 0.2) is 49.1 Å². The highest BCUT2D eigenvalue weighted by Crippen LogP contribution is 2.28. The van der Waals surface area contributed by atoms with E-state index in [4.69, 9.17) is 9.47 Å². The number of fused-ring (bicyclic) bond motifs is 1. The molecule has 7 heteroatoms. The zero-order valence-corrected chi connectivity index (χ0v) is 15.2. The molecule has 1 atom stereocenters. The van der Waals surface area contributed by atoms with Crippen LogP contribution in [0.25, 0.3) is 10.8 Å². The normalized spacial score (nSPS) is 17.2. The van der Waals surface area contributed by atoms with Gasteiger partial charge in [-0.15, -0.1) is 10.2 Å². The lowest BCUT2D eigenvalue weighted by Crippen LogP contribution is -2.42. The van der Waals surface area contributed by atoms with E-state index in [1.165, 1.54) is 0 Å². The molecule has 140 valence electrons. The zero-order valence-electron chi connectivity index (χ0n) is 15.2. The van der Waals surface area contributed by atoms with E-state index in [9.17, 15) is 4.79 Å². The minimum absolute atomic E-state index is 0.107. The van der Waals surface area contributed by atoms with Gasteiger partial charge in [-0.2, -0.15) is 0 Å². The van der Waals surface area contributed by atoms with Crippen LogP contribution in [0.4, 0.5) is 0 Å². The van der Waals surface area contributed by atoms with Crippen LogP contribution >= 0.6 is 0 Å².